The summed E-state index contributed by atoms with van der Waals surface area (Å²) in [5.41, 5.74) is 11.2. The molecule has 1 saturated carbocycles. The van der Waals surface area contributed by atoms with E-state index in [1.165, 1.54) is 5.56 Å². The van der Waals surface area contributed by atoms with E-state index in [-0.39, 0.29) is 11.3 Å². The predicted octanol–water partition coefficient (Wildman–Crippen LogP) is 5.36. The number of imidazole rings is 1. The number of nitrogens with two attached hydrogens (primary N) is 1. The molecule has 1 fully saturated rings. The highest BCUT2D eigenvalue weighted by molar-refractivity contribution is 6.06. The minimum Gasteiger partial charge on any atom is -0.382 e. The third-order valence-electron chi connectivity index (χ3n) is 7.27. The Morgan fingerprint density at radius 2 is 1.82 bits per heavy atom. The number of fused-ring (bicyclic) bond motifs is 3. The third kappa shape index (κ3) is 4.13. The maximum atomic E-state index is 12.4. The second-order valence-electron chi connectivity index (χ2n) is 9.84. The zero-order chi connectivity index (χ0) is 23.7. The van der Waals surface area contributed by atoms with Gasteiger partial charge in [0.1, 0.15) is 11.3 Å². The maximum Gasteiger partial charge on any atom is 0.226 e. The maximum absolute atomic E-state index is 12.4. The van der Waals surface area contributed by atoms with E-state index in [4.69, 9.17) is 10.7 Å². The van der Waals surface area contributed by atoms with E-state index in [0.29, 0.717) is 18.9 Å². The molecule has 3 N–H and O–H groups in total. The highest BCUT2D eigenvalue weighted by Gasteiger charge is 2.38. The van der Waals surface area contributed by atoms with Crippen molar-refractivity contribution in [3.8, 4) is 0 Å². The first-order valence-corrected chi connectivity index (χ1v) is 12.4. The number of para-hydroxylation sites is 1. The first kappa shape index (κ1) is 22.4. The normalized spacial score (nSPS) is 14.9. The topological polar surface area (TPSA) is 85.8 Å². The molecule has 34 heavy (non-hydrogen) atoms. The minimum atomic E-state index is -0.170. The Morgan fingerprint density at radius 3 is 2.53 bits per heavy atom. The van der Waals surface area contributed by atoms with Crippen LogP contribution in [0, 0.1) is 5.41 Å². The molecule has 0 unspecified atom stereocenters. The molecule has 6 heteroatoms. The first-order valence-electron chi connectivity index (χ1n) is 12.4. The molecule has 1 amide bonds. The Morgan fingerprint density at radius 1 is 1.09 bits per heavy atom. The zero-order valence-electron chi connectivity index (χ0n) is 20.1. The molecule has 5 rings (SSSR count). The number of carbonyl (C=O) groups excluding carboxylic acids is 1. The van der Waals surface area contributed by atoms with Crippen molar-refractivity contribution in [1.29, 1.82) is 0 Å². The Labute approximate surface area is 200 Å². The lowest BCUT2D eigenvalue weighted by Gasteiger charge is -2.36. The van der Waals surface area contributed by atoms with Crippen LogP contribution in [-0.4, -0.2) is 20.4 Å². The number of hydrogen-bond donors (Lipinski definition) is 2. The van der Waals surface area contributed by atoms with Gasteiger partial charge in [-0.1, -0.05) is 69.2 Å². The molecule has 2 aromatic carbocycles. The highest BCUT2D eigenvalue weighted by atomic mass is 16.2. The number of nitrogens with one attached hydrogen (secondary N) is 1. The smallest absolute Gasteiger partial charge is 0.226 e. The summed E-state index contributed by atoms with van der Waals surface area (Å²) in [6, 6.07) is 16.6. The zero-order valence-corrected chi connectivity index (χ0v) is 20.1. The van der Waals surface area contributed by atoms with Crippen molar-refractivity contribution >= 4 is 33.7 Å². The van der Waals surface area contributed by atoms with Crippen LogP contribution < -0.4 is 11.1 Å². The quantitative estimate of drug-likeness (QED) is 0.374. The van der Waals surface area contributed by atoms with Crippen molar-refractivity contribution in [3.05, 3.63) is 65.5 Å². The highest BCUT2D eigenvalue weighted by Crippen LogP contribution is 2.40. The van der Waals surface area contributed by atoms with Crippen molar-refractivity contribution in [3.63, 3.8) is 0 Å². The monoisotopic (exact) mass is 455 g/mol. The van der Waals surface area contributed by atoms with Gasteiger partial charge >= 0.3 is 0 Å². The van der Waals surface area contributed by atoms with Gasteiger partial charge in [-0.25, -0.2) is 9.97 Å². The average Bonchev–Trinajstić information content (AvgIpc) is 3.19. The van der Waals surface area contributed by atoms with Gasteiger partial charge in [-0.3, -0.25) is 4.79 Å². The van der Waals surface area contributed by atoms with Crippen LogP contribution in [0.15, 0.2) is 48.5 Å². The number of amides is 1. The Kier molecular flexibility index (Phi) is 5.98. The predicted molar refractivity (Wildman–Crippen MR) is 137 cm³/mol. The van der Waals surface area contributed by atoms with E-state index < -0.39 is 0 Å². The number of hydrogen-bond acceptors (Lipinski definition) is 4. The van der Waals surface area contributed by atoms with Gasteiger partial charge < -0.3 is 15.6 Å². The van der Waals surface area contributed by atoms with Crippen molar-refractivity contribution in [2.45, 2.75) is 65.5 Å². The molecule has 4 aromatic rings. The molecule has 1 aliphatic rings. The number of nitrogen functional groups attached to an aromatic ring is 1. The average molecular weight is 456 g/mol. The van der Waals surface area contributed by atoms with Crippen molar-refractivity contribution in [1.82, 2.24) is 19.9 Å². The molecular weight excluding hydrogens is 422 g/mol. The number of pyridine rings is 1. The van der Waals surface area contributed by atoms with Crippen LogP contribution >= 0.6 is 0 Å². The summed E-state index contributed by atoms with van der Waals surface area (Å²) in [5, 5.41) is 4.19. The minimum absolute atomic E-state index is 0.170. The Bertz CT molecular complexity index is 1330. The van der Waals surface area contributed by atoms with Gasteiger partial charge in [0.15, 0.2) is 5.82 Å². The van der Waals surface area contributed by atoms with Crippen LogP contribution in [0.4, 0.5) is 5.82 Å². The van der Waals surface area contributed by atoms with Crippen molar-refractivity contribution in [2.24, 2.45) is 5.41 Å². The van der Waals surface area contributed by atoms with E-state index in [2.05, 4.69) is 59.0 Å². The molecule has 6 nitrogen and oxygen atoms in total. The summed E-state index contributed by atoms with van der Waals surface area (Å²) in [5.74, 6) is 1.70. The van der Waals surface area contributed by atoms with Crippen molar-refractivity contribution < 1.29 is 4.79 Å². The summed E-state index contributed by atoms with van der Waals surface area (Å²) in [7, 11) is 0. The molecule has 0 spiro atoms. The number of nitrogens with zero attached hydrogens (tertiary/aromatic N) is 3. The van der Waals surface area contributed by atoms with Crippen LogP contribution in [-0.2, 0) is 24.3 Å². The molecule has 0 aliphatic heterocycles. The van der Waals surface area contributed by atoms with E-state index in [1.807, 2.05) is 18.2 Å². The Balaban J connectivity index is 1.43. The fraction of sp³-hybridized carbons (Fsp3) is 0.393. The summed E-state index contributed by atoms with van der Waals surface area (Å²) in [6.45, 7) is 5.54. The number of rotatable bonds is 8. The lowest BCUT2D eigenvalue weighted by molar-refractivity contribution is -0.134. The molecular formula is C28H33N5O. The summed E-state index contributed by atoms with van der Waals surface area (Å²) < 4.78 is 2.31. The second-order valence-corrected chi connectivity index (χ2v) is 9.84. The molecule has 2 heterocycles. The molecule has 0 radical (unpaired) electrons. The summed E-state index contributed by atoms with van der Waals surface area (Å²) in [4.78, 5) is 22.0. The Hall–Kier alpha value is -3.41. The van der Waals surface area contributed by atoms with Gasteiger partial charge in [-0.05, 0) is 36.5 Å². The number of unbranched alkanes of at least 4 members (excludes halogenated alkanes) is 1. The fourth-order valence-electron chi connectivity index (χ4n) is 4.88. The molecule has 0 atom stereocenters. The number of carbonyl (C=O) groups is 1. The van der Waals surface area contributed by atoms with E-state index in [9.17, 15) is 4.79 Å². The van der Waals surface area contributed by atoms with Gasteiger partial charge in [0.2, 0.25) is 5.91 Å². The molecule has 0 bridgehead atoms. The number of aromatic nitrogens is 3. The van der Waals surface area contributed by atoms with E-state index in [0.717, 1.165) is 71.8 Å². The molecule has 2 aromatic heterocycles. The number of benzene rings is 2. The summed E-state index contributed by atoms with van der Waals surface area (Å²) >= 11 is 0. The number of anilines is 1. The van der Waals surface area contributed by atoms with Gasteiger partial charge in [0, 0.05) is 30.3 Å². The summed E-state index contributed by atoms with van der Waals surface area (Å²) in [6.07, 6.45) is 6.22. The van der Waals surface area contributed by atoms with Gasteiger partial charge in [0.05, 0.1) is 11.0 Å². The second kappa shape index (κ2) is 9.09. The van der Waals surface area contributed by atoms with Crippen LogP contribution in [0.1, 0.15) is 62.9 Å². The van der Waals surface area contributed by atoms with Gasteiger partial charge in [-0.15, -0.1) is 0 Å². The molecule has 176 valence electrons. The third-order valence-corrected chi connectivity index (χ3v) is 7.27. The molecule has 0 saturated heterocycles. The number of aryl methyl sites for hydroxylation is 1. The van der Waals surface area contributed by atoms with Crippen LogP contribution in [0.5, 0.6) is 0 Å². The van der Waals surface area contributed by atoms with Gasteiger partial charge in [-0.2, -0.15) is 0 Å². The molecule has 1 aliphatic carbocycles. The van der Waals surface area contributed by atoms with Crippen LogP contribution in [0.25, 0.3) is 21.9 Å². The van der Waals surface area contributed by atoms with Crippen LogP contribution in [0.3, 0.4) is 0 Å². The SMILES string of the molecule is CCCCc1nc2c(N)nc3ccccc3c2n1Cc1ccc(CNC(=O)C2(C)CCC2)cc1. The lowest BCUT2D eigenvalue weighted by atomic mass is 9.70. The van der Waals surface area contributed by atoms with E-state index in [1.54, 1.807) is 0 Å². The fourth-order valence-corrected chi connectivity index (χ4v) is 4.88. The lowest BCUT2D eigenvalue weighted by Crippen LogP contribution is -2.43. The first-order chi connectivity index (χ1) is 16.5. The van der Waals surface area contributed by atoms with Crippen molar-refractivity contribution in [2.75, 3.05) is 5.73 Å². The largest absolute Gasteiger partial charge is 0.382 e. The standard InChI is InChI=1S/C28H33N5O/c1-3-4-10-23-32-24-25(21-8-5-6-9-22(21)31-26(24)29)33(23)18-20-13-11-19(12-14-20)17-30-27(34)28(2)15-7-16-28/h5-6,8-9,11-14H,3-4,7,10,15-18H2,1-2H3,(H2,29,31)(H,30,34). The van der Waals surface area contributed by atoms with Crippen LogP contribution in [0.2, 0.25) is 0 Å². The van der Waals surface area contributed by atoms with E-state index >= 15 is 0 Å². The van der Waals surface area contributed by atoms with Gasteiger partial charge in [0.25, 0.3) is 0 Å².